The number of rotatable bonds is 10. The van der Waals surface area contributed by atoms with Crippen LogP contribution < -0.4 is 20.1 Å². The van der Waals surface area contributed by atoms with Gasteiger partial charge in [-0.1, -0.05) is 13.3 Å². The summed E-state index contributed by atoms with van der Waals surface area (Å²) in [6.45, 7) is 5.05. The van der Waals surface area contributed by atoms with Crippen molar-refractivity contribution >= 4 is 17.8 Å². The van der Waals surface area contributed by atoms with Gasteiger partial charge in [-0.15, -0.1) is 0 Å². The first kappa shape index (κ1) is 27.3. The molecule has 1 aromatic rings. The van der Waals surface area contributed by atoms with E-state index in [0.717, 1.165) is 32.1 Å². The van der Waals surface area contributed by atoms with E-state index in [4.69, 9.17) is 14.2 Å². The molecule has 0 saturated heterocycles. The summed E-state index contributed by atoms with van der Waals surface area (Å²) in [6.07, 6.45) is 7.49. The van der Waals surface area contributed by atoms with Gasteiger partial charge in [0, 0.05) is 18.7 Å². The van der Waals surface area contributed by atoms with Gasteiger partial charge in [0.1, 0.15) is 5.75 Å². The molecule has 0 aliphatic heterocycles. The van der Waals surface area contributed by atoms with Gasteiger partial charge in [0.25, 0.3) is 5.91 Å². The highest BCUT2D eigenvalue weighted by Crippen LogP contribution is 2.58. The van der Waals surface area contributed by atoms with Crippen molar-refractivity contribution in [3.63, 3.8) is 0 Å². The maximum Gasteiger partial charge on any atom is 0.309 e. The van der Waals surface area contributed by atoms with E-state index in [1.807, 2.05) is 0 Å². The molecule has 0 radical (unpaired) electrons. The molecule has 8 atom stereocenters. The summed E-state index contributed by atoms with van der Waals surface area (Å²) >= 11 is 0. The highest BCUT2D eigenvalue weighted by Gasteiger charge is 2.61. The number of carbonyl (C=O) groups is 3. The van der Waals surface area contributed by atoms with Crippen molar-refractivity contribution < 1.29 is 33.0 Å². The molecule has 0 heterocycles. The number of nitrogens with one attached hydrogen (secondary N) is 2. The molecule has 9 heteroatoms. The summed E-state index contributed by atoms with van der Waals surface area (Å²) in [7, 11) is 1.40. The molecular formula is C31H41FN2O6. The molecule has 0 aromatic heterocycles. The van der Waals surface area contributed by atoms with Crippen molar-refractivity contribution in [1.29, 1.82) is 0 Å². The van der Waals surface area contributed by atoms with Crippen LogP contribution in [0.15, 0.2) is 12.1 Å². The van der Waals surface area contributed by atoms with Crippen LogP contribution >= 0.6 is 0 Å². The molecule has 2 amide bonds. The van der Waals surface area contributed by atoms with Crippen LogP contribution in [-0.4, -0.2) is 50.2 Å². The van der Waals surface area contributed by atoms with E-state index in [9.17, 15) is 18.8 Å². The maximum atomic E-state index is 15.0. The average molecular weight is 557 g/mol. The fourth-order valence-corrected chi connectivity index (χ4v) is 8.11. The second-order valence-corrected chi connectivity index (χ2v) is 13.0. The summed E-state index contributed by atoms with van der Waals surface area (Å²) in [5.41, 5.74) is 0.374. The fourth-order valence-electron chi connectivity index (χ4n) is 8.11. The Morgan fingerprint density at radius 1 is 1.02 bits per heavy atom. The van der Waals surface area contributed by atoms with E-state index in [1.165, 1.54) is 25.7 Å². The Hall–Kier alpha value is -2.84. The van der Waals surface area contributed by atoms with Crippen molar-refractivity contribution in [1.82, 2.24) is 10.6 Å². The lowest BCUT2D eigenvalue weighted by atomic mass is 9.70. The van der Waals surface area contributed by atoms with E-state index in [0.29, 0.717) is 26.0 Å². The van der Waals surface area contributed by atoms with E-state index < -0.39 is 5.82 Å². The Morgan fingerprint density at radius 3 is 2.40 bits per heavy atom. The van der Waals surface area contributed by atoms with Crippen molar-refractivity contribution in [3.8, 4) is 11.5 Å². The minimum atomic E-state index is -0.599. The third kappa shape index (κ3) is 4.94. The SMILES string of the molecule is CCOC(=O)[C@H]1[C@@H]2C[C@H](Oc3cc(C(=O)N[C@@H]4[C@H]5CC[C@H](C5)[C@@H]4C(=O)NCC4(C)CCC4)c(OC)cc3F)C[C@@H]21. The number of fused-ring (bicyclic) bond motifs is 3. The normalized spacial score (nSPS) is 34.4. The van der Waals surface area contributed by atoms with Crippen LogP contribution in [0.5, 0.6) is 11.5 Å². The lowest BCUT2D eigenvalue weighted by Crippen LogP contribution is -2.51. The first-order valence-electron chi connectivity index (χ1n) is 15.0. The van der Waals surface area contributed by atoms with Gasteiger partial charge < -0.3 is 24.8 Å². The van der Waals surface area contributed by atoms with Gasteiger partial charge in [0.2, 0.25) is 5.91 Å². The highest BCUT2D eigenvalue weighted by molar-refractivity contribution is 5.98. The van der Waals surface area contributed by atoms with Crippen LogP contribution in [0.3, 0.4) is 0 Å². The lowest BCUT2D eigenvalue weighted by molar-refractivity contribution is -0.145. The summed E-state index contributed by atoms with van der Waals surface area (Å²) in [5.74, 6) is -0.385. The second kappa shape index (κ2) is 10.5. The summed E-state index contributed by atoms with van der Waals surface area (Å²) < 4.78 is 31.5. The third-order valence-corrected chi connectivity index (χ3v) is 10.5. The molecule has 8 nitrogen and oxygen atoms in total. The number of esters is 1. The van der Waals surface area contributed by atoms with Gasteiger partial charge in [-0.05, 0) is 87.0 Å². The maximum absolute atomic E-state index is 15.0. The van der Waals surface area contributed by atoms with Crippen LogP contribution in [0, 0.1) is 46.7 Å². The smallest absolute Gasteiger partial charge is 0.309 e. The molecule has 5 fully saturated rings. The Labute approximate surface area is 235 Å². The van der Waals surface area contributed by atoms with E-state index >= 15 is 0 Å². The molecule has 5 aliphatic carbocycles. The van der Waals surface area contributed by atoms with Crippen LogP contribution in [0.1, 0.15) is 75.6 Å². The average Bonchev–Trinajstić information content (AvgIpc) is 3.28. The van der Waals surface area contributed by atoms with Crippen molar-refractivity contribution in [2.75, 3.05) is 20.3 Å². The predicted molar refractivity (Wildman–Crippen MR) is 144 cm³/mol. The zero-order valence-corrected chi connectivity index (χ0v) is 23.7. The van der Waals surface area contributed by atoms with Crippen LogP contribution in [0.4, 0.5) is 4.39 Å². The largest absolute Gasteiger partial charge is 0.496 e. The third-order valence-electron chi connectivity index (χ3n) is 10.5. The molecule has 40 heavy (non-hydrogen) atoms. The standard InChI is InChI=1S/C31H41FN2O6/c1-4-39-30(37)26-19-11-18(12-20(19)26)40-24-13-21(23(38-3)14-22(24)32)28(35)34-27-17-7-6-16(10-17)25(27)29(36)33-15-31(2)8-5-9-31/h13-14,16-20,25-27H,4-12,15H2,1-3H3,(H,33,36)(H,34,35)/t16-,17+,18-,19+,20-,25+,26-,27-/m1/s1. The molecule has 0 spiro atoms. The first-order valence-corrected chi connectivity index (χ1v) is 15.0. The van der Waals surface area contributed by atoms with Gasteiger partial charge in [-0.25, -0.2) is 4.39 Å². The van der Waals surface area contributed by atoms with Crippen LogP contribution in [-0.2, 0) is 14.3 Å². The van der Waals surface area contributed by atoms with E-state index in [2.05, 4.69) is 17.6 Å². The molecule has 2 N–H and O–H groups in total. The molecule has 218 valence electrons. The van der Waals surface area contributed by atoms with E-state index in [-0.39, 0.29) is 87.9 Å². The number of hydrogen-bond acceptors (Lipinski definition) is 6. The first-order chi connectivity index (χ1) is 19.2. The fraction of sp³-hybridized carbons (Fsp3) is 0.710. The number of ether oxygens (including phenoxy) is 3. The zero-order valence-electron chi connectivity index (χ0n) is 23.7. The lowest BCUT2D eigenvalue weighted by Gasteiger charge is -2.39. The monoisotopic (exact) mass is 556 g/mol. The minimum absolute atomic E-state index is 0.000845. The topological polar surface area (TPSA) is 103 Å². The zero-order chi connectivity index (χ0) is 28.2. The molecule has 0 unspecified atom stereocenters. The number of halogens is 1. The minimum Gasteiger partial charge on any atom is -0.496 e. The molecular weight excluding hydrogens is 515 g/mol. The van der Waals surface area contributed by atoms with Gasteiger partial charge in [0.05, 0.1) is 37.2 Å². The molecule has 5 saturated carbocycles. The summed E-state index contributed by atoms with van der Waals surface area (Å²) in [5, 5.41) is 6.32. The molecule has 5 aliphatic rings. The molecule has 2 bridgehead atoms. The van der Waals surface area contributed by atoms with Crippen molar-refractivity contribution in [2.45, 2.75) is 77.4 Å². The van der Waals surface area contributed by atoms with Gasteiger partial charge >= 0.3 is 5.97 Å². The Kier molecular flexibility index (Phi) is 7.20. The van der Waals surface area contributed by atoms with Crippen LogP contribution in [0.2, 0.25) is 0 Å². The van der Waals surface area contributed by atoms with Gasteiger partial charge in [-0.3, -0.25) is 14.4 Å². The van der Waals surface area contributed by atoms with Crippen molar-refractivity contribution in [2.24, 2.45) is 40.9 Å². The summed E-state index contributed by atoms with van der Waals surface area (Å²) in [4.78, 5) is 39.0. The molecule has 6 rings (SSSR count). The number of carbonyl (C=O) groups excluding carboxylic acids is 3. The van der Waals surface area contributed by atoms with Gasteiger partial charge in [-0.2, -0.15) is 0 Å². The Balaban J connectivity index is 1.12. The summed E-state index contributed by atoms with van der Waals surface area (Å²) in [6, 6.07) is 2.34. The Bertz CT molecular complexity index is 1170. The second-order valence-electron chi connectivity index (χ2n) is 13.0. The van der Waals surface area contributed by atoms with E-state index in [1.54, 1.807) is 6.92 Å². The number of methoxy groups -OCH3 is 1. The predicted octanol–water partition coefficient (Wildman–Crippen LogP) is 4.25. The number of hydrogen-bond donors (Lipinski definition) is 2. The molecule has 1 aromatic carbocycles. The van der Waals surface area contributed by atoms with Crippen LogP contribution in [0.25, 0.3) is 0 Å². The number of amides is 2. The quantitative estimate of drug-likeness (QED) is 0.418. The van der Waals surface area contributed by atoms with Gasteiger partial charge in [0.15, 0.2) is 11.6 Å². The highest BCUT2D eigenvalue weighted by atomic mass is 19.1. The Morgan fingerprint density at radius 2 is 1.75 bits per heavy atom. The number of benzene rings is 1. The van der Waals surface area contributed by atoms with Crippen molar-refractivity contribution in [3.05, 3.63) is 23.5 Å².